The van der Waals surface area contributed by atoms with E-state index in [0.717, 1.165) is 0 Å². The Labute approximate surface area is 153 Å². The van der Waals surface area contributed by atoms with E-state index in [9.17, 15) is 9.90 Å². The first-order valence-electron chi connectivity index (χ1n) is 8.30. The van der Waals surface area contributed by atoms with Crippen molar-refractivity contribution in [3.05, 3.63) is 34.3 Å². The molecule has 0 spiro atoms. The molecule has 25 heavy (non-hydrogen) atoms. The molecule has 0 aliphatic carbocycles. The summed E-state index contributed by atoms with van der Waals surface area (Å²) in [5.74, 6) is 0. The minimum atomic E-state index is -1.06. The molecule has 0 radical (unpaired) electrons. The monoisotopic (exact) mass is 371 g/mol. The Bertz CT molecular complexity index is 602. The van der Waals surface area contributed by atoms with Gasteiger partial charge in [0, 0.05) is 30.8 Å². The van der Waals surface area contributed by atoms with Crippen LogP contribution < -0.4 is 0 Å². The Kier molecular flexibility index (Phi) is 6.68. The first-order valence-corrected chi connectivity index (χ1v) is 8.68. The van der Waals surface area contributed by atoms with Gasteiger partial charge in [0.25, 0.3) is 0 Å². The van der Waals surface area contributed by atoms with Gasteiger partial charge in [-0.05, 0) is 44.9 Å². The number of halogens is 1. The van der Waals surface area contributed by atoms with Crippen LogP contribution in [0.25, 0.3) is 0 Å². The van der Waals surface area contributed by atoms with Crippen molar-refractivity contribution in [3.8, 4) is 0 Å². The quantitative estimate of drug-likeness (QED) is 0.821. The molecule has 1 N–H and O–H groups in total. The van der Waals surface area contributed by atoms with Crippen LogP contribution in [0.15, 0.2) is 18.2 Å². The molecule has 1 saturated heterocycles. The van der Waals surface area contributed by atoms with Crippen molar-refractivity contribution in [1.29, 1.82) is 0 Å². The van der Waals surface area contributed by atoms with Crippen molar-refractivity contribution in [2.75, 3.05) is 26.9 Å². The molecule has 1 aliphatic heterocycles. The van der Waals surface area contributed by atoms with Crippen molar-refractivity contribution in [2.45, 2.75) is 45.1 Å². The van der Waals surface area contributed by atoms with Crippen molar-refractivity contribution in [3.63, 3.8) is 0 Å². The van der Waals surface area contributed by atoms with Crippen LogP contribution in [0.5, 0.6) is 0 Å². The Morgan fingerprint density at radius 3 is 2.80 bits per heavy atom. The zero-order chi connectivity index (χ0) is 18.6. The van der Waals surface area contributed by atoms with Gasteiger partial charge in [-0.1, -0.05) is 17.7 Å². The maximum Gasteiger partial charge on any atom is 0.410 e. The number of rotatable bonds is 3. The molecule has 2 atom stereocenters. The summed E-state index contributed by atoms with van der Waals surface area (Å²) < 4.78 is 16.1. The van der Waals surface area contributed by atoms with Crippen LogP contribution in [0.1, 0.15) is 50.7 Å². The summed E-state index contributed by atoms with van der Waals surface area (Å²) >= 11 is 6.38. The van der Waals surface area contributed by atoms with Crippen LogP contribution in [0.3, 0.4) is 0 Å². The predicted octanol–water partition coefficient (Wildman–Crippen LogP) is 3.68. The molecule has 0 bridgehead atoms. The normalized spacial score (nSPS) is 20.1. The highest BCUT2D eigenvalue weighted by Crippen LogP contribution is 2.33. The molecule has 1 heterocycles. The zero-order valence-electron chi connectivity index (χ0n) is 15.1. The van der Waals surface area contributed by atoms with Crippen LogP contribution in [0.2, 0.25) is 5.02 Å². The Morgan fingerprint density at radius 1 is 1.44 bits per heavy atom. The molecule has 140 valence electrons. The molecule has 2 unspecified atom stereocenters. The van der Waals surface area contributed by atoms with E-state index in [4.69, 9.17) is 25.8 Å². The lowest BCUT2D eigenvalue weighted by molar-refractivity contribution is -0.0770. The first-order chi connectivity index (χ1) is 11.7. The van der Waals surface area contributed by atoms with Crippen LogP contribution in [-0.4, -0.2) is 48.6 Å². The maximum absolute atomic E-state index is 12.7. The molecule has 1 aliphatic rings. The third kappa shape index (κ3) is 5.31. The van der Waals surface area contributed by atoms with E-state index in [1.807, 2.05) is 20.8 Å². The van der Waals surface area contributed by atoms with Crippen LogP contribution in [0, 0.1) is 0 Å². The van der Waals surface area contributed by atoms with Crippen molar-refractivity contribution in [2.24, 2.45) is 0 Å². The molecule has 1 amide bonds. The van der Waals surface area contributed by atoms with E-state index >= 15 is 0 Å². The van der Waals surface area contributed by atoms with Crippen molar-refractivity contribution < 1.29 is 24.1 Å². The summed E-state index contributed by atoms with van der Waals surface area (Å²) in [5.41, 5.74) is 0.672. The van der Waals surface area contributed by atoms with E-state index in [-0.39, 0.29) is 0 Å². The second kappa shape index (κ2) is 8.36. The third-order valence-electron chi connectivity index (χ3n) is 3.86. The fourth-order valence-corrected chi connectivity index (χ4v) is 2.93. The van der Waals surface area contributed by atoms with E-state index < -0.39 is 24.0 Å². The standard InChI is InChI=1S/C18H26ClNO5/c1-18(2,3)25-17(22)20-8-5-9-24-11-15(20)13-10-12(16(21)23-4)6-7-14(13)19/h6-7,10,15-16,21H,5,8-9,11H2,1-4H3. The van der Waals surface area contributed by atoms with Gasteiger partial charge >= 0.3 is 6.09 Å². The molecule has 1 aromatic rings. The predicted molar refractivity (Wildman–Crippen MR) is 94.5 cm³/mol. The fourth-order valence-electron chi connectivity index (χ4n) is 2.68. The van der Waals surface area contributed by atoms with Gasteiger partial charge < -0.3 is 19.3 Å². The number of hydrogen-bond donors (Lipinski definition) is 1. The van der Waals surface area contributed by atoms with Gasteiger partial charge in [-0.15, -0.1) is 0 Å². The second-order valence-electron chi connectivity index (χ2n) is 6.99. The summed E-state index contributed by atoms with van der Waals surface area (Å²) in [7, 11) is 1.42. The highest BCUT2D eigenvalue weighted by Gasteiger charge is 2.32. The molecule has 7 heteroatoms. The summed E-state index contributed by atoms with van der Waals surface area (Å²) in [6, 6.07) is 4.73. The molecule has 1 aromatic carbocycles. The van der Waals surface area contributed by atoms with Crippen LogP contribution in [-0.2, 0) is 14.2 Å². The van der Waals surface area contributed by atoms with Crippen molar-refractivity contribution >= 4 is 17.7 Å². The fraction of sp³-hybridized carbons (Fsp3) is 0.611. The van der Waals surface area contributed by atoms with Gasteiger partial charge in [0.2, 0.25) is 0 Å². The van der Waals surface area contributed by atoms with Gasteiger partial charge in [0.05, 0.1) is 12.6 Å². The lowest BCUT2D eigenvalue weighted by Gasteiger charge is -2.32. The highest BCUT2D eigenvalue weighted by molar-refractivity contribution is 6.31. The Morgan fingerprint density at radius 2 is 2.16 bits per heavy atom. The molecule has 0 saturated carbocycles. The Hall–Kier alpha value is -1.34. The number of methoxy groups -OCH3 is 1. The Balaban J connectivity index is 2.36. The molecule has 0 aromatic heterocycles. The molecular weight excluding hydrogens is 346 g/mol. The number of aliphatic hydroxyl groups is 1. The first kappa shape index (κ1) is 20.0. The number of aliphatic hydroxyl groups excluding tert-OH is 1. The number of benzene rings is 1. The SMILES string of the molecule is COC(O)c1ccc(Cl)c(C2COCCCN2C(=O)OC(C)(C)C)c1. The largest absolute Gasteiger partial charge is 0.444 e. The van der Waals surface area contributed by atoms with E-state index in [2.05, 4.69) is 0 Å². The molecule has 6 nitrogen and oxygen atoms in total. The van der Waals surface area contributed by atoms with E-state index in [1.54, 1.807) is 23.1 Å². The van der Waals surface area contributed by atoms with Crippen LogP contribution in [0.4, 0.5) is 4.79 Å². The molecule has 2 rings (SSSR count). The minimum absolute atomic E-state index is 0.311. The number of ether oxygens (including phenoxy) is 3. The summed E-state index contributed by atoms with van der Waals surface area (Å²) in [5, 5.41) is 10.4. The summed E-state index contributed by atoms with van der Waals surface area (Å²) in [6.07, 6.45) is -0.747. The van der Waals surface area contributed by atoms with Gasteiger partial charge in [-0.3, -0.25) is 4.90 Å². The van der Waals surface area contributed by atoms with Gasteiger partial charge in [0.1, 0.15) is 5.60 Å². The van der Waals surface area contributed by atoms with E-state index in [1.165, 1.54) is 7.11 Å². The number of amides is 1. The topological polar surface area (TPSA) is 68.2 Å². The minimum Gasteiger partial charge on any atom is -0.444 e. The summed E-state index contributed by atoms with van der Waals surface area (Å²) in [6.45, 7) is 6.87. The average molecular weight is 372 g/mol. The van der Waals surface area contributed by atoms with Gasteiger partial charge in [-0.25, -0.2) is 4.79 Å². The van der Waals surface area contributed by atoms with Crippen LogP contribution >= 0.6 is 11.6 Å². The summed E-state index contributed by atoms with van der Waals surface area (Å²) in [4.78, 5) is 14.3. The average Bonchev–Trinajstić information content (AvgIpc) is 2.79. The number of hydrogen-bond acceptors (Lipinski definition) is 5. The van der Waals surface area contributed by atoms with Gasteiger partial charge in [0.15, 0.2) is 6.29 Å². The molecule has 1 fully saturated rings. The second-order valence-corrected chi connectivity index (χ2v) is 7.39. The lowest BCUT2D eigenvalue weighted by atomic mass is 10.0. The number of carbonyl (C=O) groups excluding carboxylic acids is 1. The smallest absolute Gasteiger partial charge is 0.410 e. The molecular formula is C18H26ClNO5. The van der Waals surface area contributed by atoms with E-state index in [0.29, 0.717) is 42.3 Å². The number of carbonyl (C=O) groups is 1. The lowest BCUT2D eigenvalue weighted by Crippen LogP contribution is -2.40. The maximum atomic E-state index is 12.7. The third-order valence-corrected chi connectivity index (χ3v) is 4.20. The number of nitrogens with zero attached hydrogens (tertiary/aromatic N) is 1. The highest BCUT2D eigenvalue weighted by atomic mass is 35.5. The zero-order valence-corrected chi connectivity index (χ0v) is 15.9. The van der Waals surface area contributed by atoms with Gasteiger partial charge in [-0.2, -0.15) is 0 Å². The van der Waals surface area contributed by atoms with Crippen molar-refractivity contribution in [1.82, 2.24) is 4.90 Å².